The molecule has 1 aromatic heterocycles. The molecule has 4 rings (SSSR count). The van der Waals surface area contributed by atoms with Crippen molar-refractivity contribution in [3.05, 3.63) is 76.2 Å². The SMILES string of the molecule is CN/N=C(\C=N)Nc1ncc(Cl)c(-c2ccc3c(c2)C(=O)N([C@H](C)C(=O)N[C@H](CO)c2cccc(F)c2)C3)n1. The number of carbonyl (C=O) groups is 2. The Morgan fingerprint density at radius 3 is 2.82 bits per heavy atom. The van der Waals surface area contributed by atoms with Crippen molar-refractivity contribution in [3.63, 3.8) is 0 Å². The highest BCUT2D eigenvalue weighted by Crippen LogP contribution is 2.32. The molecule has 2 amide bonds. The summed E-state index contributed by atoms with van der Waals surface area (Å²) in [6.45, 7) is 1.37. The predicted molar refractivity (Wildman–Crippen MR) is 145 cm³/mol. The molecule has 3 aromatic rings. The summed E-state index contributed by atoms with van der Waals surface area (Å²) in [5, 5.41) is 26.8. The van der Waals surface area contributed by atoms with Gasteiger partial charge in [-0.25, -0.2) is 14.4 Å². The van der Waals surface area contributed by atoms with Gasteiger partial charge in [-0.1, -0.05) is 35.9 Å². The van der Waals surface area contributed by atoms with Crippen molar-refractivity contribution < 1.29 is 19.1 Å². The number of anilines is 1. The molecule has 0 spiro atoms. The van der Waals surface area contributed by atoms with E-state index in [2.05, 4.69) is 31.1 Å². The third-order valence-corrected chi connectivity index (χ3v) is 6.44. The summed E-state index contributed by atoms with van der Waals surface area (Å²) in [7, 11) is 1.59. The van der Waals surface area contributed by atoms with Crippen molar-refractivity contribution in [2.24, 2.45) is 5.10 Å². The Hall–Kier alpha value is -4.42. The Balaban J connectivity index is 1.53. The summed E-state index contributed by atoms with van der Waals surface area (Å²) < 4.78 is 13.6. The van der Waals surface area contributed by atoms with Gasteiger partial charge in [0.15, 0.2) is 5.84 Å². The number of nitrogens with one attached hydrogen (secondary N) is 4. The Kier molecular flexibility index (Phi) is 8.47. The summed E-state index contributed by atoms with van der Waals surface area (Å²) in [6.07, 6.45) is 2.39. The molecule has 0 unspecified atom stereocenters. The molecule has 1 aliphatic heterocycles. The van der Waals surface area contributed by atoms with Crippen molar-refractivity contribution in [3.8, 4) is 11.3 Å². The van der Waals surface area contributed by atoms with E-state index >= 15 is 0 Å². The second kappa shape index (κ2) is 12.0. The van der Waals surface area contributed by atoms with Crippen LogP contribution in [0.2, 0.25) is 5.02 Å². The molecule has 39 heavy (non-hydrogen) atoms. The average Bonchev–Trinajstić information content (AvgIpc) is 3.27. The zero-order valence-corrected chi connectivity index (χ0v) is 21.8. The summed E-state index contributed by atoms with van der Waals surface area (Å²) in [5.74, 6) is -0.987. The van der Waals surface area contributed by atoms with Crippen LogP contribution in [-0.4, -0.2) is 63.5 Å². The molecule has 0 saturated heterocycles. The summed E-state index contributed by atoms with van der Waals surface area (Å²) in [4.78, 5) is 36.3. The summed E-state index contributed by atoms with van der Waals surface area (Å²) in [6, 6.07) is 9.12. The van der Waals surface area contributed by atoms with E-state index in [0.29, 0.717) is 22.4 Å². The number of hydrazone groups is 1. The minimum Gasteiger partial charge on any atom is -0.394 e. The molecular formula is C26H26ClFN8O3. The van der Waals surface area contributed by atoms with Gasteiger partial charge in [0.25, 0.3) is 5.91 Å². The van der Waals surface area contributed by atoms with Gasteiger partial charge in [-0.3, -0.25) is 9.59 Å². The minimum atomic E-state index is -0.861. The van der Waals surface area contributed by atoms with Gasteiger partial charge in [0, 0.05) is 24.7 Å². The van der Waals surface area contributed by atoms with Gasteiger partial charge in [-0.05, 0) is 36.2 Å². The molecule has 11 nitrogen and oxygen atoms in total. The molecular weight excluding hydrogens is 527 g/mol. The lowest BCUT2D eigenvalue weighted by molar-refractivity contribution is -0.126. The van der Waals surface area contributed by atoms with Gasteiger partial charge in [-0.2, -0.15) is 5.10 Å². The van der Waals surface area contributed by atoms with E-state index in [-0.39, 0.29) is 29.3 Å². The third-order valence-electron chi connectivity index (χ3n) is 6.17. The van der Waals surface area contributed by atoms with E-state index in [9.17, 15) is 19.1 Å². The molecule has 202 valence electrons. The van der Waals surface area contributed by atoms with E-state index in [1.54, 1.807) is 38.2 Å². The molecule has 0 bridgehead atoms. The lowest BCUT2D eigenvalue weighted by Crippen LogP contribution is -2.46. The van der Waals surface area contributed by atoms with Crippen LogP contribution in [-0.2, 0) is 11.3 Å². The topological polar surface area (TPSA) is 156 Å². The normalized spacial score (nSPS) is 14.4. The Morgan fingerprint density at radius 2 is 2.13 bits per heavy atom. The number of halogens is 2. The number of hydrogen-bond donors (Lipinski definition) is 5. The zero-order chi connectivity index (χ0) is 28.1. The molecule has 0 saturated carbocycles. The van der Waals surface area contributed by atoms with Crippen LogP contribution in [0.4, 0.5) is 10.3 Å². The second-order valence-electron chi connectivity index (χ2n) is 8.66. The molecule has 0 radical (unpaired) electrons. The van der Waals surface area contributed by atoms with Gasteiger partial charge in [0.1, 0.15) is 11.9 Å². The summed E-state index contributed by atoms with van der Waals surface area (Å²) in [5.41, 5.74) is 5.04. The van der Waals surface area contributed by atoms with Gasteiger partial charge >= 0.3 is 0 Å². The molecule has 13 heteroatoms. The Bertz CT molecular complexity index is 1450. The van der Waals surface area contributed by atoms with E-state index in [0.717, 1.165) is 11.8 Å². The van der Waals surface area contributed by atoms with Gasteiger partial charge in [-0.15, -0.1) is 0 Å². The van der Waals surface area contributed by atoms with Gasteiger partial charge < -0.3 is 31.5 Å². The van der Waals surface area contributed by atoms with E-state index in [1.165, 1.54) is 29.3 Å². The average molecular weight is 553 g/mol. The van der Waals surface area contributed by atoms with Crippen LogP contribution in [0.1, 0.15) is 34.5 Å². The van der Waals surface area contributed by atoms with Gasteiger partial charge in [0.2, 0.25) is 11.9 Å². The maximum atomic E-state index is 13.6. The van der Waals surface area contributed by atoms with E-state index in [4.69, 9.17) is 17.0 Å². The molecule has 5 N–H and O–H groups in total. The first kappa shape index (κ1) is 27.6. The molecule has 0 fully saturated rings. The van der Waals surface area contributed by atoms with Crippen LogP contribution in [0.3, 0.4) is 0 Å². The molecule has 2 heterocycles. The van der Waals surface area contributed by atoms with Crippen LogP contribution in [0.15, 0.2) is 53.8 Å². The number of benzene rings is 2. The van der Waals surface area contributed by atoms with Crippen molar-refractivity contribution >= 4 is 41.4 Å². The standard InChI is InChI=1S/C26H26ClFN8O3/c1-14(24(38)32-21(13-37)15-4-3-5-18(28)8-15)36-12-17-7-6-16(9-19(17)25(36)39)23-20(27)11-31-26(34-23)33-22(10-29)35-30-2/h3-11,14,21,29-30,37H,12-13H2,1-2H3,(H,32,38)(H,31,33,34,35)/t14-,21-/m1/s1. The highest BCUT2D eigenvalue weighted by Gasteiger charge is 2.35. The zero-order valence-electron chi connectivity index (χ0n) is 21.1. The van der Waals surface area contributed by atoms with Crippen molar-refractivity contribution in [1.82, 2.24) is 25.6 Å². The highest BCUT2D eigenvalue weighted by molar-refractivity contribution is 6.34. The smallest absolute Gasteiger partial charge is 0.255 e. The fourth-order valence-electron chi connectivity index (χ4n) is 4.14. The lowest BCUT2D eigenvalue weighted by atomic mass is 10.0. The number of amidine groups is 1. The van der Waals surface area contributed by atoms with E-state index < -0.39 is 30.4 Å². The molecule has 2 atom stereocenters. The molecule has 0 aliphatic carbocycles. The fraction of sp³-hybridized carbons (Fsp3) is 0.231. The van der Waals surface area contributed by atoms with Crippen LogP contribution >= 0.6 is 11.6 Å². The molecule has 2 aromatic carbocycles. The monoisotopic (exact) mass is 552 g/mol. The van der Waals surface area contributed by atoms with E-state index in [1.807, 2.05) is 0 Å². The molecule has 1 aliphatic rings. The number of carbonyl (C=O) groups excluding carboxylic acids is 2. The third kappa shape index (κ3) is 6.02. The number of hydrogen-bond acceptors (Lipinski definition) is 8. The first-order chi connectivity index (χ1) is 18.7. The van der Waals surface area contributed by atoms with Crippen LogP contribution in [0, 0.1) is 11.2 Å². The maximum Gasteiger partial charge on any atom is 0.255 e. The maximum absolute atomic E-state index is 13.6. The largest absolute Gasteiger partial charge is 0.394 e. The number of aliphatic hydroxyl groups excluding tert-OH is 1. The summed E-state index contributed by atoms with van der Waals surface area (Å²) >= 11 is 6.36. The quantitative estimate of drug-likeness (QED) is 0.155. The number of aliphatic hydroxyl groups is 1. The minimum absolute atomic E-state index is 0.155. The lowest BCUT2D eigenvalue weighted by Gasteiger charge is -2.26. The van der Waals surface area contributed by atoms with Crippen molar-refractivity contribution in [2.75, 3.05) is 19.0 Å². The Labute approximate surface area is 228 Å². The first-order valence-electron chi connectivity index (χ1n) is 11.9. The van der Waals surface area contributed by atoms with Crippen LogP contribution in [0.5, 0.6) is 0 Å². The fourth-order valence-corrected chi connectivity index (χ4v) is 4.34. The second-order valence-corrected chi connectivity index (χ2v) is 9.07. The number of nitrogens with zero attached hydrogens (tertiary/aromatic N) is 4. The van der Waals surface area contributed by atoms with Crippen LogP contribution in [0.25, 0.3) is 11.3 Å². The van der Waals surface area contributed by atoms with Crippen molar-refractivity contribution in [1.29, 1.82) is 5.41 Å². The van der Waals surface area contributed by atoms with Gasteiger partial charge in [0.05, 0.1) is 35.8 Å². The number of fused-ring (bicyclic) bond motifs is 1. The first-order valence-corrected chi connectivity index (χ1v) is 12.3. The van der Waals surface area contributed by atoms with Crippen molar-refractivity contribution in [2.45, 2.75) is 25.6 Å². The highest BCUT2D eigenvalue weighted by atomic mass is 35.5. The Morgan fingerprint density at radius 1 is 1.33 bits per heavy atom. The number of amides is 2. The number of rotatable bonds is 9. The van der Waals surface area contributed by atoms with Crippen LogP contribution < -0.4 is 16.1 Å². The number of aromatic nitrogens is 2. The predicted octanol–water partition coefficient (Wildman–Crippen LogP) is 2.72.